The van der Waals surface area contributed by atoms with E-state index >= 15 is 0 Å². The monoisotopic (exact) mass is 575 g/mol. The van der Waals surface area contributed by atoms with Crippen LogP contribution in [-0.4, -0.2) is 49.0 Å². The van der Waals surface area contributed by atoms with Gasteiger partial charge in [-0.2, -0.15) is 13.2 Å². The van der Waals surface area contributed by atoms with Gasteiger partial charge in [-0.25, -0.2) is 9.59 Å². The van der Waals surface area contributed by atoms with E-state index in [4.69, 9.17) is 4.74 Å². The number of benzene rings is 1. The second kappa shape index (κ2) is 9.42. The number of fused-ring (bicyclic) bond motifs is 1. The van der Waals surface area contributed by atoms with Crippen LogP contribution in [0.25, 0.3) is 6.08 Å². The van der Waals surface area contributed by atoms with E-state index < -0.39 is 93.0 Å². The molecule has 1 heterocycles. The number of alkyl halides is 3. The van der Waals surface area contributed by atoms with Crippen LogP contribution in [0.1, 0.15) is 25.0 Å². The maximum Gasteiger partial charge on any atom is 0.511 e. The van der Waals surface area contributed by atoms with Gasteiger partial charge in [0.05, 0.1) is 5.57 Å². The molecular weight excluding hydrogens is 558 g/mol. The smallest absolute Gasteiger partial charge is 0.475 e. The molecule has 0 aliphatic carbocycles. The number of nitrogens with zero attached hydrogens (tertiary/aromatic N) is 1. The van der Waals surface area contributed by atoms with Gasteiger partial charge in [-0.05, 0) is 37.1 Å². The Morgan fingerprint density at radius 3 is 2.27 bits per heavy atom. The second-order valence-corrected chi connectivity index (χ2v) is 9.77. The van der Waals surface area contributed by atoms with Gasteiger partial charge < -0.3 is 23.8 Å². The number of halogens is 8. The first-order chi connectivity index (χ1) is 16.6. The first-order valence-corrected chi connectivity index (χ1v) is 11.7. The number of aryl methyl sites for hydroxylation is 1. The minimum atomic E-state index is -10.3. The average molecular weight is 575 g/mol. The summed E-state index contributed by atoms with van der Waals surface area (Å²) in [6.45, 7) is 0.258. The van der Waals surface area contributed by atoms with E-state index in [1.807, 2.05) is 0 Å². The molecule has 10 nitrogen and oxygen atoms in total. The fourth-order valence-corrected chi connectivity index (χ4v) is 3.59. The maximum atomic E-state index is 13.6. The van der Waals surface area contributed by atoms with E-state index in [1.165, 1.54) is 6.92 Å². The van der Waals surface area contributed by atoms with Crippen molar-refractivity contribution in [3.63, 3.8) is 0 Å². The highest BCUT2D eigenvalue weighted by molar-refractivity contribution is 8.45. The van der Waals surface area contributed by atoms with Gasteiger partial charge >= 0.3 is 28.5 Å². The van der Waals surface area contributed by atoms with Crippen LogP contribution >= 0.6 is 10.2 Å². The molecule has 0 saturated heterocycles. The van der Waals surface area contributed by atoms with E-state index in [-0.39, 0.29) is 18.2 Å². The van der Waals surface area contributed by atoms with Gasteiger partial charge in [0.2, 0.25) is 12.9 Å². The third-order valence-corrected chi connectivity index (χ3v) is 5.55. The van der Waals surface area contributed by atoms with Crippen LogP contribution in [0.3, 0.4) is 0 Å². The second-order valence-electron chi connectivity index (χ2n) is 7.36. The van der Waals surface area contributed by atoms with Crippen molar-refractivity contribution < 1.29 is 71.1 Å². The molecular formula is C18H17F8NO9S. The normalized spacial score (nSPS) is 18.1. The summed E-state index contributed by atoms with van der Waals surface area (Å²) in [5.41, 5.74) is -2.94. The summed E-state index contributed by atoms with van der Waals surface area (Å²) in [5, 5.41) is 8.95. The lowest BCUT2D eigenvalue weighted by Gasteiger charge is -2.41. The largest absolute Gasteiger partial charge is 0.511 e. The molecule has 0 radical (unpaired) electrons. The molecule has 1 aromatic rings. The predicted octanol–water partition coefficient (Wildman–Crippen LogP) is 5.86. The molecule has 0 fully saturated rings. The Morgan fingerprint density at radius 2 is 1.76 bits per heavy atom. The quantitative estimate of drug-likeness (QED) is 0.117. The topological polar surface area (TPSA) is 123 Å². The zero-order valence-corrected chi connectivity index (χ0v) is 19.4. The van der Waals surface area contributed by atoms with Gasteiger partial charge in [-0.1, -0.05) is 26.4 Å². The maximum absolute atomic E-state index is 13.6. The van der Waals surface area contributed by atoms with Crippen LogP contribution in [0.4, 0.5) is 37.4 Å². The molecule has 37 heavy (non-hydrogen) atoms. The molecule has 0 aromatic heterocycles. The van der Waals surface area contributed by atoms with Gasteiger partial charge in [0.15, 0.2) is 0 Å². The predicted molar refractivity (Wildman–Crippen MR) is 107 cm³/mol. The van der Waals surface area contributed by atoms with E-state index in [1.54, 1.807) is 0 Å². The molecule has 1 unspecified atom stereocenters. The Bertz CT molecular complexity index is 1120. The van der Waals surface area contributed by atoms with Gasteiger partial charge in [0.1, 0.15) is 23.4 Å². The first kappa shape index (κ1) is 29.7. The average Bonchev–Trinajstić information content (AvgIpc) is 2.73. The molecule has 19 heteroatoms. The summed E-state index contributed by atoms with van der Waals surface area (Å²) < 4.78 is 125. The van der Waals surface area contributed by atoms with Crippen molar-refractivity contribution in [1.29, 1.82) is 0 Å². The summed E-state index contributed by atoms with van der Waals surface area (Å²) in [7, 11) is -10.3. The Hall–Kier alpha value is -3.51. The molecule has 1 aromatic carbocycles. The van der Waals surface area contributed by atoms with E-state index in [9.17, 15) is 52.3 Å². The standard InChI is InChI=1S/C18H17F8NO9S/c1-3-10-4-12(37(22,23,24,25)26)5-11-6-13(15(18(19,20)21)35-14(10)11)16(28)33-8-34-17(29)32-7-9(2)36-27(30)31/h4-6,9,15H,3,7-8H2,1-2H3/t9-,15?/m0/s1. The summed E-state index contributed by atoms with van der Waals surface area (Å²) in [6, 6.07) is -0.181. The molecule has 0 bridgehead atoms. The fourth-order valence-electron chi connectivity index (χ4n) is 2.87. The van der Waals surface area contributed by atoms with Crippen LogP contribution in [0.2, 0.25) is 0 Å². The Labute approximate surface area is 201 Å². The van der Waals surface area contributed by atoms with E-state index in [0.29, 0.717) is 0 Å². The molecule has 0 amide bonds. The molecule has 1 aliphatic heterocycles. The lowest BCUT2D eigenvalue weighted by Crippen LogP contribution is -2.41. The zero-order chi connectivity index (χ0) is 28.5. The van der Waals surface area contributed by atoms with Crippen LogP contribution in [0.5, 0.6) is 5.75 Å². The fraction of sp³-hybridized carbons (Fsp3) is 0.444. The molecule has 0 spiro atoms. The number of rotatable bonds is 9. The first-order valence-electron chi connectivity index (χ1n) is 9.76. The van der Waals surface area contributed by atoms with Crippen molar-refractivity contribution in [2.75, 3.05) is 13.4 Å². The highest BCUT2D eigenvalue weighted by atomic mass is 32.5. The van der Waals surface area contributed by atoms with Gasteiger partial charge in [0.25, 0.3) is 5.09 Å². The summed E-state index contributed by atoms with van der Waals surface area (Å²) >= 11 is 0. The van der Waals surface area contributed by atoms with Gasteiger partial charge in [-0.15, -0.1) is 10.1 Å². The van der Waals surface area contributed by atoms with Crippen LogP contribution in [0, 0.1) is 10.1 Å². The molecule has 0 N–H and O–H groups in total. The number of carbonyl (C=O) groups excluding carboxylic acids is 2. The highest BCUT2D eigenvalue weighted by Gasteiger charge is 2.66. The Balaban J connectivity index is 2.28. The minimum Gasteiger partial charge on any atom is -0.475 e. The van der Waals surface area contributed by atoms with Gasteiger partial charge in [0, 0.05) is 5.56 Å². The zero-order valence-electron chi connectivity index (χ0n) is 18.6. The SMILES string of the molecule is CCc1cc(S(F)(F)(F)(F)F)cc2c1OC(C(F)(F)F)C(C(=O)OCOC(=O)OC[C@H](C)O[N+](=O)[O-])=C2. The van der Waals surface area contributed by atoms with Gasteiger partial charge in [-0.3, -0.25) is 0 Å². The number of ether oxygens (including phenoxy) is 4. The third kappa shape index (κ3) is 7.99. The van der Waals surface area contributed by atoms with Crippen molar-refractivity contribution >= 4 is 28.4 Å². The summed E-state index contributed by atoms with van der Waals surface area (Å²) in [5.74, 6) is -2.67. The molecule has 0 saturated carbocycles. The van der Waals surface area contributed by atoms with Crippen molar-refractivity contribution in [1.82, 2.24) is 0 Å². The highest BCUT2D eigenvalue weighted by Crippen LogP contribution is 3.02. The number of hydrogen-bond acceptors (Lipinski definition) is 9. The van der Waals surface area contributed by atoms with Crippen LogP contribution in [-0.2, 0) is 30.3 Å². The van der Waals surface area contributed by atoms with E-state index in [0.717, 1.165) is 6.92 Å². The van der Waals surface area contributed by atoms with Crippen molar-refractivity contribution in [3.05, 3.63) is 38.9 Å². The summed E-state index contributed by atoms with van der Waals surface area (Å²) in [4.78, 5) is 35.4. The molecule has 210 valence electrons. The number of hydrogen-bond donors (Lipinski definition) is 0. The Kier molecular flexibility index (Phi) is 7.56. The number of carbonyl (C=O) groups is 2. The minimum absolute atomic E-state index is 0.0258. The van der Waals surface area contributed by atoms with Crippen LogP contribution < -0.4 is 4.74 Å². The van der Waals surface area contributed by atoms with E-state index in [2.05, 4.69) is 19.0 Å². The third-order valence-electron chi connectivity index (χ3n) is 4.43. The van der Waals surface area contributed by atoms with Crippen molar-refractivity contribution in [3.8, 4) is 5.75 Å². The van der Waals surface area contributed by atoms with Crippen molar-refractivity contribution in [2.45, 2.75) is 43.5 Å². The lowest BCUT2D eigenvalue weighted by atomic mass is 9.98. The molecule has 2 atom stereocenters. The number of esters is 1. The lowest BCUT2D eigenvalue weighted by molar-refractivity contribution is -0.767. The van der Waals surface area contributed by atoms with Crippen molar-refractivity contribution in [2.24, 2.45) is 0 Å². The molecule has 2 rings (SSSR count). The van der Waals surface area contributed by atoms with Crippen LogP contribution in [0.15, 0.2) is 22.6 Å². The summed E-state index contributed by atoms with van der Waals surface area (Å²) in [6.07, 6.45) is -11.4. The molecule has 1 aliphatic rings. The Morgan fingerprint density at radius 1 is 1.14 bits per heavy atom.